The van der Waals surface area contributed by atoms with Crippen LogP contribution in [0.5, 0.6) is 0 Å². The van der Waals surface area contributed by atoms with E-state index in [-0.39, 0.29) is 131 Å². The van der Waals surface area contributed by atoms with Crippen LogP contribution in [0.15, 0.2) is 142 Å². The van der Waals surface area contributed by atoms with E-state index < -0.39 is 10.7 Å². The van der Waals surface area contributed by atoms with E-state index in [1.807, 2.05) is 24.3 Å². The Morgan fingerprint density at radius 3 is 1.51 bits per heavy atom. The zero-order valence-electron chi connectivity index (χ0n) is 29.3. The number of nitro benzene ring substituents is 2. The molecule has 0 amide bonds. The second kappa shape index (κ2) is 21.6. The Hall–Kier alpha value is -2.49. The molecule has 1 heterocycles. The monoisotopic (exact) mass is 891 g/mol. The van der Waals surface area contributed by atoms with Gasteiger partial charge in [0.2, 0.25) is 0 Å². The molecule has 53 heavy (non-hydrogen) atoms. The first-order chi connectivity index (χ1) is 24.6. The second-order valence-electron chi connectivity index (χ2n) is 10.8. The van der Waals surface area contributed by atoms with Crippen LogP contribution >= 0.6 is 31.9 Å². The van der Waals surface area contributed by atoms with E-state index in [0.29, 0.717) is 4.47 Å². The van der Waals surface area contributed by atoms with Gasteiger partial charge < -0.3 is 16.1 Å². The summed E-state index contributed by atoms with van der Waals surface area (Å²) in [5.74, 6) is -0.504. The standard InChI is InChI=1S/C18H11BrN2O2.C13H10.C6H3BrFNO2.CH2O3.2K.H/c19-15-11-12(21(22)23)9-10-18(15)20-16-7-3-1-5-13(16)14-6-2-4-8-17(14)20;1-3-7-12-10(5-1)9-11-6-2-4-8-13(11)12;7-5-3-4(9(10)11)1-2-6(5)8;2-1-4-3;;;/h1-11H;1-8H,9H2;1-3H;1,3H;;;/q;;;;2*+1;-1/p-1. The molecule has 6 aromatic carbocycles. The molecular formula is C38H26Br2FK2N3O7. The van der Waals surface area contributed by atoms with E-state index in [0.717, 1.165) is 52.1 Å². The maximum Gasteiger partial charge on any atom is 1.00 e. The molecule has 0 unspecified atom stereocenters. The van der Waals surface area contributed by atoms with E-state index in [4.69, 9.17) is 10.1 Å². The number of para-hydroxylation sites is 2. The minimum atomic E-state index is -0.579. The van der Waals surface area contributed by atoms with Crippen LogP contribution < -0.4 is 108 Å². The fourth-order valence-corrected chi connectivity index (χ4v) is 6.56. The molecule has 0 saturated carbocycles. The summed E-state index contributed by atoms with van der Waals surface area (Å²) in [7, 11) is 0. The van der Waals surface area contributed by atoms with Crippen LogP contribution in [0.3, 0.4) is 0 Å². The zero-order valence-corrected chi connectivity index (χ0v) is 37.7. The van der Waals surface area contributed by atoms with Crippen molar-refractivity contribution in [3.05, 3.63) is 180 Å². The molecule has 8 rings (SSSR count). The third kappa shape index (κ3) is 11.1. The van der Waals surface area contributed by atoms with Gasteiger partial charge in [0.25, 0.3) is 17.8 Å². The largest absolute Gasteiger partial charge is 1.00 e. The Labute approximate surface area is 406 Å². The van der Waals surface area contributed by atoms with E-state index in [1.54, 1.807) is 12.1 Å². The minimum Gasteiger partial charge on any atom is -1.00 e. The number of halogens is 3. The van der Waals surface area contributed by atoms with Gasteiger partial charge >= 0.3 is 103 Å². The molecule has 7 aromatic rings. The molecule has 10 nitrogen and oxygen atoms in total. The first kappa shape index (κ1) is 44.9. The average molecular weight is 894 g/mol. The number of non-ortho nitro benzene ring substituents is 2. The van der Waals surface area contributed by atoms with Gasteiger partial charge in [0.1, 0.15) is 5.82 Å². The maximum atomic E-state index is 12.5. The molecule has 15 heteroatoms. The number of aromatic nitrogens is 1. The van der Waals surface area contributed by atoms with Crippen LogP contribution in [0.25, 0.3) is 38.6 Å². The number of rotatable bonds is 4. The second-order valence-corrected chi connectivity index (χ2v) is 12.5. The first-order valence-corrected chi connectivity index (χ1v) is 16.6. The van der Waals surface area contributed by atoms with Gasteiger partial charge in [0.05, 0.1) is 31.0 Å². The van der Waals surface area contributed by atoms with Crippen molar-refractivity contribution >= 4 is 71.5 Å². The van der Waals surface area contributed by atoms with E-state index >= 15 is 0 Å². The first-order valence-electron chi connectivity index (χ1n) is 15.0. The predicted molar refractivity (Wildman–Crippen MR) is 199 cm³/mol. The van der Waals surface area contributed by atoms with Gasteiger partial charge in [-0.05, 0) is 84.8 Å². The summed E-state index contributed by atoms with van der Waals surface area (Å²) in [5, 5.41) is 31.8. The third-order valence-electron chi connectivity index (χ3n) is 7.82. The van der Waals surface area contributed by atoms with E-state index in [1.165, 1.54) is 28.3 Å². The molecule has 0 spiro atoms. The molecule has 1 aliphatic carbocycles. The van der Waals surface area contributed by atoms with Gasteiger partial charge in [-0.25, -0.2) is 4.39 Å². The number of nitro groups is 2. The van der Waals surface area contributed by atoms with Crippen molar-refractivity contribution in [2.45, 2.75) is 6.42 Å². The summed E-state index contributed by atoms with van der Waals surface area (Å²) in [6.07, 6.45) is 1.10. The van der Waals surface area contributed by atoms with Crippen LogP contribution in [-0.2, 0) is 16.1 Å². The number of hydrogen-bond donors (Lipinski definition) is 0. The summed E-state index contributed by atoms with van der Waals surface area (Å²) in [6.45, 7) is -0.181. The molecule has 1 aliphatic rings. The van der Waals surface area contributed by atoms with Gasteiger partial charge in [-0.2, -0.15) is 0 Å². The van der Waals surface area contributed by atoms with Crippen LogP contribution in [0.1, 0.15) is 12.6 Å². The Kier molecular flexibility index (Phi) is 18.3. The van der Waals surface area contributed by atoms with Crippen molar-refractivity contribution in [1.29, 1.82) is 0 Å². The Bertz CT molecular complexity index is 2310. The molecule has 1 aromatic heterocycles. The summed E-state index contributed by atoms with van der Waals surface area (Å²) in [4.78, 5) is 31.4. The Morgan fingerprint density at radius 2 is 1.08 bits per heavy atom. The molecular weight excluding hydrogens is 867 g/mol. The fraction of sp³-hybridized carbons (Fsp3) is 0.0263. The summed E-state index contributed by atoms with van der Waals surface area (Å²) in [6, 6.07) is 41.8. The smallest absolute Gasteiger partial charge is 1.00 e. The van der Waals surface area contributed by atoms with Crippen LogP contribution in [0.4, 0.5) is 15.8 Å². The number of fused-ring (bicyclic) bond motifs is 6. The normalized spacial score (nSPS) is 10.3. The summed E-state index contributed by atoms with van der Waals surface area (Å²) >= 11 is 6.32. The molecule has 0 fully saturated rings. The minimum absolute atomic E-state index is 0. The number of nitrogens with zero attached hydrogens (tertiary/aromatic N) is 3. The average Bonchev–Trinajstić information content (AvgIpc) is 3.69. The SMILES string of the molecule is O=CO[O-].O=[N+]([O-])c1ccc(-n2c3ccccc3c3ccccc32)c(Br)c1.O=[N+]([O-])c1ccc(F)c(Br)c1.[H-].[K+].[K+].c1ccc2c(c1)Cc1ccccc1-2. The third-order valence-corrected chi connectivity index (χ3v) is 9.07. The van der Waals surface area contributed by atoms with E-state index in [2.05, 4.69) is 114 Å². The molecule has 0 aliphatic heterocycles. The Balaban J connectivity index is 0.000000279. The predicted octanol–water partition coefficient (Wildman–Crippen LogP) is 3.76. The van der Waals surface area contributed by atoms with Gasteiger partial charge in [-0.1, -0.05) is 84.9 Å². The number of carbonyl (C=O) groups excluding carboxylic acids is 1. The number of hydrogen-bond acceptors (Lipinski definition) is 7. The fourth-order valence-electron chi connectivity index (χ4n) is 5.65. The maximum absolute atomic E-state index is 12.5. The van der Waals surface area contributed by atoms with Crippen LogP contribution in [0, 0.1) is 26.0 Å². The molecule has 0 N–H and O–H groups in total. The molecule has 0 radical (unpaired) electrons. The van der Waals surface area contributed by atoms with Crippen molar-refractivity contribution in [3.63, 3.8) is 0 Å². The van der Waals surface area contributed by atoms with Crippen LogP contribution in [0.2, 0.25) is 0 Å². The van der Waals surface area contributed by atoms with Crippen molar-refractivity contribution in [2.24, 2.45) is 0 Å². The van der Waals surface area contributed by atoms with Crippen LogP contribution in [-0.4, -0.2) is 20.9 Å². The number of benzene rings is 6. The van der Waals surface area contributed by atoms with Gasteiger partial charge in [0, 0.05) is 39.5 Å². The van der Waals surface area contributed by atoms with Gasteiger partial charge in [0.15, 0.2) is 0 Å². The molecule has 0 bridgehead atoms. The number of carbonyl (C=O) groups is 1. The van der Waals surface area contributed by atoms with Crippen molar-refractivity contribution < 1.29 is 133 Å². The Morgan fingerprint density at radius 1 is 0.660 bits per heavy atom. The van der Waals surface area contributed by atoms with Gasteiger partial charge in [-0.3, -0.25) is 25.0 Å². The molecule has 0 atom stereocenters. The summed E-state index contributed by atoms with van der Waals surface area (Å²) in [5.41, 5.74) is 8.72. The van der Waals surface area contributed by atoms with Crippen molar-refractivity contribution in [2.75, 3.05) is 0 Å². The molecule has 258 valence electrons. The van der Waals surface area contributed by atoms with Crippen molar-refractivity contribution in [1.82, 2.24) is 4.57 Å². The zero-order chi connectivity index (χ0) is 36.5. The molecule has 0 saturated heterocycles. The summed E-state index contributed by atoms with van der Waals surface area (Å²) < 4.78 is 15.4. The van der Waals surface area contributed by atoms with Crippen molar-refractivity contribution in [3.8, 4) is 16.8 Å². The quantitative estimate of drug-likeness (QED) is 0.0863. The van der Waals surface area contributed by atoms with Gasteiger partial charge in [-0.15, -0.1) is 0 Å². The van der Waals surface area contributed by atoms with E-state index in [9.17, 15) is 24.6 Å². The topological polar surface area (TPSA) is 141 Å².